The second-order valence-electron chi connectivity index (χ2n) is 5.48. The molecule has 0 aliphatic carbocycles. The molecule has 1 atom stereocenters. The van der Waals surface area contributed by atoms with E-state index in [0.717, 1.165) is 0 Å². The predicted molar refractivity (Wildman–Crippen MR) is 90.2 cm³/mol. The van der Waals surface area contributed by atoms with Crippen LogP contribution in [0, 0.1) is 6.92 Å². The Hall–Kier alpha value is -2.60. The fourth-order valence-corrected chi connectivity index (χ4v) is 2.45. The largest absolute Gasteiger partial charge is 0.508 e. The van der Waals surface area contributed by atoms with Crippen LogP contribution in [0.1, 0.15) is 34.6 Å². The van der Waals surface area contributed by atoms with Gasteiger partial charge in [-0.3, -0.25) is 9.78 Å². The van der Waals surface area contributed by atoms with Crippen molar-refractivity contribution in [1.29, 1.82) is 0 Å². The first-order chi connectivity index (χ1) is 11.5. The number of phenolic OH excluding ortho intramolecular Hbond substituents is 1. The topological polar surface area (TPSA) is 82.9 Å². The van der Waals surface area contributed by atoms with E-state index in [1.165, 1.54) is 30.3 Å². The van der Waals surface area contributed by atoms with Crippen molar-refractivity contribution < 1.29 is 19.7 Å². The number of amides is 1. The smallest absolute Gasteiger partial charge is 0.257 e. The van der Waals surface area contributed by atoms with E-state index in [4.69, 9.17) is 4.74 Å². The van der Waals surface area contributed by atoms with E-state index >= 15 is 0 Å². The number of rotatable bonds is 6. The maximum absolute atomic E-state index is 12.8. The van der Waals surface area contributed by atoms with E-state index in [1.807, 2.05) is 6.92 Å². The van der Waals surface area contributed by atoms with E-state index in [1.54, 1.807) is 25.1 Å². The van der Waals surface area contributed by atoms with Gasteiger partial charge in [0, 0.05) is 12.2 Å². The van der Waals surface area contributed by atoms with E-state index in [9.17, 15) is 15.0 Å². The van der Waals surface area contributed by atoms with Crippen molar-refractivity contribution in [2.24, 2.45) is 0 Å². The molecule has 1 heterocycles. The number of likely N-dealkylation sites (N-methyl/N-ethyl adjacent to an activating group) is 1. The molecule has 0 aliphatic heterocycles. The lowest BCUT2D eigenvalue weighted by atomic mass is 10.1. The molecule has 0 radical (unpaired) electrons. The summed E-state index contributed by atoms with van der Waals surface area (Å²) in [5.41, 5.74) is 1.68. The first kappa shape index (κ1) is 17.7. The highest BCUT2D eigenvalue weighted by molar-refractivity contribution is 5.97. The van der Waals surface area contributed by atoms with Crippen LogP contribution in [0.4, 0.5) is 0 Å². The lowest BCUT2D eigenvalue weighted by Crippen LogP contribution is -2.35. The summed E-state index contributed by atoms with van der Waals surface area (Å²) < 4.78 is 5.22. The van der Waals surface area contributed by atoms with E-state index in [2.05, 4.69) is 4.98 Å². The second-order valence-corrected chi connectivity index (χ2v) is 5.48. The number of hydrogen-bond acceptors (Lipinski definition) is 5. The third-order valence-electron chi connectivity index (χ3n) is 3.77. The zero-order chi connectivity index (χ0) is 17.7. The standard InChI is InChI=1S/C18H22N2O4/c1-4-20(11-16(22)13-6-5-7-14(21)9-13)18(23)15-8-12(2)19-10-17(15)24-3/h5-10,16,21-22H,4,11H2,1-3H3. The maximum atomic E-state index is 12.8. The summed E-state index contributed by atoms with van der Waals surface area (Å²) in [6.45, 7) is 4.18. The molecule has 1 amide bonds. The molecule has 1 unspecified atom stereocenters. The lowest BCUT2D eigenvalue weighted by Gasteiger charge is -2.25. The summed E-state index contributed by atoms with van der Waals surface area (Å²) in [5, 5.41) is 19.9. The number of carbonyl (C=O) groups excluding carboxylic acids is 1. The molecule has 2 N–H and O–H groups in total. The lowest BCUT2D eigenvalue weighted by molar-refractivity contribution is 0.0631. The number of ether oxygens (including phenoxy) is 1. The second kappa shape index (κ2) is 7.79. The number of phenols is 1. The Labute approximate surface area is 141 Å². The number of aromatic hydroxyl groups is 1. The molecule has 24 heavy (non-hydrogen) atoms. The Bertz CT molecular complexity index is 718. The minimum Gasteiger partial charge on any atom is -0.508 e. The van der Waals surface area contributed by atoms with Crippen LogP contribution in [0.3, 0.4) is 0 Å². The molecule has 0 saturated carbocycles. The fourth-order valence-electron chi connectivity index (χ4n) is 2.45. The van der Waals surface area contributed by atoms with Crippen molar-refractivity contribution in [3.05, 3.63) is 53.3 Å². The van der Waals surface area contributed by atoms with Gasteiger partial charge in [-0.2, -0.15) is 0 Å². The van der Waals surface area contributed by atoms with Crippen molar-refractivity contribution in [1.82, 2.24) is 9.88 Å². The average Bonchev–Trinajstić information content (AvgIpc) is 2.58. The maximum Gasteiger partial charge on any atom is 0.257 e. The van der Waals surface area contributed by atoms with Crippen LogP contribution in [0.25, 0.3) is 0 Å². The Morgan fingerprint density at radius 3 is 2.75 bits per heavy atom. The van der Waals surface area contributed by atoms with Gasteiger partial charge in [-0.1, -0.05) is 12.1 Å². The number of carbonyl (C=O) groups is 1. The Balaban J connectivity index is 2.22. The number of pyridine rings is 1. The van der Waals surface area contributed by atoms with E-state index in [0.29, 0.717) is 29.1 Å². The summed E-state index contributed by atoms with van der Waals surface area (Å²) in [7, 11) is 1.49. The average molecular weight is 330 g/mol. The van der Waals surface area contributed by atoms with Crippen LogP contribution >= 0.6 is 0 Å². The van der Waals surface area contributed by atoms with Crippen LogP contribution in [-0.4, -0.2) is 46.2 Å². The van der Waals surface area contributed by atoms with Gasteiger partial charge < -0.3 is 19.8 Å². The van der Waals surface area contributed by atoms with E-state index in [-0.39, 0.29) is 18.2 Å². The van der Waals surface area contributed by atoms with Crippen LogP contribution in [0.2, 0.25) is 0 Å². The minimum absolute atomic E-state index is 0.0763. The van der Waals surface area contributed by atoms with Crippen LogP contribution in [0.15, 0.2) is 36.5 Å². The molecule has 2 aromatic rings. The number of benzene rings is 1. The van der Waals surface area contributed by atoms with Crippen molar-refractivity contribution in [3.8, 4) is 11.5 Å². The van der Waals surface area contributed by atoms with Gasteiger partial charge in [-0.05, 0) is 37.6 Å². The first-order valence-corrected chi connectivity index (χ1v) is 7.73. The molecule has 6 heteroatoms. The number of aromatic nitrogens is 1. The molecule has 2 rings (SSSR count). The fraction of sp³-hybridized carbons (Fsp3) is 0.333. The van der Waals surface area contributed by atoms with Gasteiger partial charge in [0.2, 0.25) is 0 Å². The molecule has 0 saturated heterocycles. The van der Waals surface area contributed by atoms with Crippen LogP contribution in [-0.2, 0) is 0 Å². The number of methoxy groups -OCH3 is 1. The zero-order valence-corrected chi connectivity index (χ0v) is 14.1. The van der Waals surface area contributed by atoms with Crippen molar-refractivity contribution in [2.75, 3.05) is 20.2 Å². The van der Waals surface area contributed by atoms with Gasteiger partial charge in [-0.25, -0.2) is 0 Å². The van der Waals surface area contributed by atoms with Gasteiger partial charge in [0.1, 0.15) is 11.5 Å². The number of aliphatic hydroxyl groups is 1. The van der Waals surface area contributed by atoms with Crippen molar-refractivity contribution in [2.45, 2.75) is 20.0 Å². The Kier molecular flexibility index (Phi) is 5.76. The highest BCUT2D eigenvalue weighted by Gasteiger charge is 2.22. The predicted octanol–water partition coefficient (Wildman–Crippen LogP) is 2.30. The third-order valence-corrected chi connectivity index (χ3v) is 3.77. The van der Waals surface area contributed by atoms with Crippen LogP contribution in [0.5, 0.6) is 11.5 Å². The highest BCUT2D eigenvalue weighted by Crippen LogP contribution is 2.23. The molecule has 1 aromatic carbocycles. The van der Waals surface area contributed by atoms with Gasteiger partial charge >= 0.3 is 0 Å². The van der Waals surface area contributed by atoms with Crippen molar-refractivity contribution in [3.63, 3.8) is 0 Å². The molecule has 1 aromatic heterocycles. The quantitative estimate of drug-likeness (QED) is 0.849. The summed E-state index contributed by atoms with van der Waals surface area (Å²) >= 11 is 0. The van der Waals surface area contributed by atoms with Gasteiger partial charge in [-0.15, -0.1) is 0 Å². The highest BCUT2D eigenvalue weighted by atomic mass is 16.5. The summed E-state index contributed by atoms with van der Waals surface area (Å²) in [6, 6.07) is 8.05. The van der Waals surface area contributed by atoms with Gasteiger partial charge in [0.05, 0.1) is 31.5 Å². The molecule has 6 nitrogen and oxygen atoms in total. The van der Waals surface area contributed by atoms with Gasteiger partial charge in [0.15, 0.2) is 0 Å². The first-order valence-electron chi connectivity index (χ1n) is 7.73. The number of aryl methyl sites for hydroxylation is 1. The van der Waals surface area contributed by atoms with E-state index < -0.39 is 6.10 Å². The van der Waals surface area contributed by atoms with Crippen LogP contribution < -0.4 is 4.74 Å². The molecule has 0 spiro atoms. The summed E-state index contributed by atoms with van der Waals surface area (Å²) in [5.74, 6) is 0.238. The minimum atomic E-state index is -0.894. The van der Waals surface area contributed by atoms with Crippen molar-refractivity contribution >= 4 is 5.91 Å². The Morgan fingerprint density at radius 2 is 2.12 bits per heavy atom. The Morgan fingerprint density at radius 1 is 1.38 bits per heavy atom. The molecule has 0 fully saturated rings. The summed E-state index contributed by atoms with van der Waals surface area (Å²) in [4.78, 5) is 18.5. The number of aliphatic hydroxyl groups excluding tert-OH is 1. The zero-order valence-electron chi connectivity index (χ0n) is 14.1. The number of hydrogen-bond donors (Lipinski definition) is 2. The normalized spacial score (nSPS) is 11.8. The van der Waals surface area contributed by atoms with Gasteiger partial charge in [0.25, 0.3) is 5.91 Å². The SMILES string of the molecule is CCN(CC(O)c1cccc(O)c1)C(=O)c1cc(C)ncc1OC. The third kappa shape index (κ3) is 4.02. The molecule has 0 bridgehead atoms. The molecule has 128 valence electrons. The molecular formula is C18H22N2O4. The monoisotopic (exact) mass is 330 g/mol. The summed E-state index contributed by atoms with van der Waals surface area (Å²) in [6.07, 6.45) is 0.622. The molecule has 0 aliphatic rings. The molecular weight excluding hydrogens is 308 g/mol. The number of nitrogens with zero attached hydrogens (tertiary/aromatic N) is 2.